The van der Waals surface area contributed by atoms with Crippen molar-refractivity contribution in [1.82, 2.24) is 14.8 Å². The minimum atomic E-state index is -0.469. The fraction of sp³-hybridized carbons (Fsp3) is 0.348. The second-order valence-electron chi connectivity index (χ2n) is 7.72. The second kappa shape index (κ2) is 9.70. The third kappa shape index (κ3) is 4.78. The predicted octanol–water partition coefficient (Wildman–Crippen LogP) is 3.98. The van der Waals surface area contributed by atoms with E-state index in [2.05, 4.69) is 20.4 Å². The summed E-state index contributed by atoms with van der Waals surface area (Å²) >= 11 is 1.32. The van der Waals surface area contributed by atoms with Crippen LogP contribution >= 0.6 is 11.8 Å². The molecule has 1 aliphatic heterocycles. The second-order valence-corrected chi connectivity index (χ2v) is 9.03. The smallest absolute Gasteiger partial charge is 0.237 e. The zero-order valence-electron chi connectivity index (χ0n) is 18.3. The van der Waals surface area contributed by atoms with Crippen LogP contribution in [-0.4, -0.2) is 52.2 Å². The van der Waals surface area contributed by atoms with Gasteiger partial charge in [0.2, 0.25) is 11.9 Å². The maximum Gasteiger partial charge on any atom is 0.237 e. The van der Waals surface area contributed by atoms with Gasteiger partial charge in [0.15, 0.2) is 5.16 Å². The number of hydrogen-bond acceptors (Lipinski definition) is 6. The summed E-state index contributed by atoms with van der Waals surface area (Å²) in [5.41, 5.74) is 3.01. The number of carbonyl (C=O) groups excluding carboxylic acids is 1. The molecule has 7 nitrogen and oxygen atoms in total. The van der Waals surface area contributed by atoms with Gasteiger partial charge in [0, 0.05) is 18.8 Å². The molecule has 0 radical (unpaired) electrons. The van der Waals surface area contributed by atoms with Gasteiger partial charge in [-0.15, -0.1) is 10.2 Å². The number of para-hydroxylation sites is 1. The summed E-state index contributed by atoms with van der Waals surface area (Å²) in [6.45, 7) is 8.24. The Morgan fingerprint density at radius 1 is 1.12 bits per heavy atom. The lowest BCUT2D eigenvalue weighted by atomic mass is 10.2. The number of aryl methyl sites for hydroxylation is 2. The van der Waals surface area contributed by atoms with E-state index in [0.29, 0.717) is 29.6 Å². The number of carbonyl (C=O) groups is 1. The van der Waals surface area contributed by atoms with E-state index in [4.69, 9.17) is 4.74 Å². The van der Waals surface area contributed by atoms with Crippen LogP contribution in [-0.2, 0) is 9.53 Å². The van der Waals surface area contributed by atoms with Crippen molar-refractivity contribution in [3.05, 3.63) is 59.4 Å². The summed E-state index contributed by atoms with van der Waals surface area (Å²) in [5, 5.41) is 11.8. The molecule has 32 heavy (non-hydrogen) atoms. The van der Waals surface area contributed by atoms with E-state index in [1.807, 2.05) is 35.8 Å². The zero-order chi connectivity index (χ0) is 22.7. The highest BCUT2D eigenvalue weighted by Crippen LogP contribution is 2.31. The van der Waals surface area contributed by atoms with Gasteiger partial charge in [0.05, 0.1) is 24.2 Å². The number of thioether (sulfide) groups is 1. The van der Waals surface area contributed by atoms with Gasteiger partial charge in [-0.2, -0.15) is 0 Å². The number of rotatable bonds is 6. The number of halogens is 1. The highest BCUT2D eigenvalue weighted by Gasteiger charge is 2.25. The monoisotopic (exact) mass is 455 g/mol. The van der Waals surface area contributed by atoms with E-state index in [9.17, 15) is 9.18 Å². The molecule has 9 heteroatoms. The fourth-order valence-corrected chi connectivity index (χ4v) is 4.31. The number of nitrogens with one attached hydrogen (secondary N) is 1. The van der Waals surface area contributed by atoms with Crippen molar-refractivity contribution in [2.45, 2.75) is 31.2 Å². The molecule has 1 N–H and O–H groups in total. The first-order valence-electron chi connectivity index (χ1n) is 10.5. The van der Waals surface area contributed by atoms with E-state index in [1.165, 1.54) is 17.8 Å². The number of anilines is 2. The molecular weight excluding hydrogens is 429 g/mol. The maximum absolute atomic E-state index is 13.8. The van der Waals surface area contributed by atoms with E-state index in [-0.39, 0.29) is 11.7 Å². The van der Waals surface area contributed by atoms with Crippen molar-refractivity contribution in [2.75, 3.05) is 36.5 Å². The largest absolute Gasteiger partial charge is 0.378 e. The SMILES string of the molecule is Cc1ccc(NC(=O)C(C)Sc2nnc(N3CCOCC3)n2-c2ccccc2C)cc1F. The average molecular weight is 456 g/mol. The van der Waals surface area contributed by atoms with Crippen molar-refractivity contribution >= 4 is 29.3 Å². The molecule has 1 unspecified atom stereocenters. The van der Waals surface area contributed by atoms with Crippen LogP contribution in [0.4, 0.5) is 16.0 Å². The van der Waals surface area contributed by atoms with Crippen LogP contribution < -0.4 is 10.2 Å². The summed E-state index contributed by atoms with van der Waals surface area (Å²) in [7, 11) is 0. The quantitative estimate of drug-likeness (QED) is 0.567. The van der Waals surface area contributed by atoms with Crippen molar-refractivity contribution in [2.24, 2.45) is 0 Å². The summed E-state index contributed by atoms with van der Waals surface area (Å²) in [6.07, 6.45) is 0. The molecule has 168 valence electrons. The first-order valence-corrected chi connectivity index (χ1v) is 11.4. The first-order chi connectivity index (χ1) is 15.4. The van der Waals surface area contributed by atoms with E-state index in [0.717, 1.165) is 30.3 Å². The van der Waals surface area contributed by atoms with Gasteiger partial charge in [-0.05, 0) is 50.1 Å². The summed E-state index contributed by atoms with van der Waals surface area (Å²) in [5.74, 6) is 0.154. The number of morpholine rings is 1. The Labute approximate surface area is 191 Å². The van der Waals surface area contributed by atoms with Gasteiger partial charge in [0.25, 0.3) is 0 Å². The molecule has 2 heterocycles. The van der Waals surface area contributed by atoms with Gasteiger partial charge < -0.3 is 15.0 Å². The number of aromatic nitrogens is 3. The Bertz CT molecular complexity index is 1110. The van der Waals surface area contributed by atoms with Crippen molar-refractivity contribution in [3.8, 4) is 5.69 Å². The molecule has 1 fully saturated rings. The molecule has 0 bridgehead atoms. The lowest BCUT2D eigenvalue weighted by Crippen LogP contribution is -2.38. The molecule has 1 amide bonds. The number of ether oxygens (including phenoxy) is 1. The van der Waals surface area contributed by atoms with Crippen molar-refractivity contribution in [3.63, 3.8) is 0 Å². The van der Waals surface area contributed by atoms with Crippen LogP contribution in [0.1, 0.15) is 18.1 Å². The lowest BCUT2D eigenvalue weighted by molar-refractivity contribution is -0.115. The molecule has 4 rings (SSSR count). The van der Waals surface area contributed by atoms with Crippen LogP contribution in [0, 0.1) is 19.7 Å². The van der Waals surface area contributed by atoms with Gasteiger partial charge >= 0.3 is 0 Å². The third-order valence-electron chi connectivity index (χ3n) is 5.36. The Balaban J connectivity index is 1.59. The Morgan fingerprint density at radius 3 is 2.59 bits per heavy atom. The van der Waals surface area contributed by atoms with Crippen molar-refractivity contribution in [1.29, 1.82) is 0 Å². The molecule has 1 atom stereocenters. The highest BCUT2D eigenvalue weighted by molar-refractivity contribution is 8.00. The standard InChI is InChI=1S/C23H26FN5O2S/c1-15-8-9-18(14-19(15)24)25-21(30)17(3)32-23-27-26-22(28-10-12-31-13-11-28)29(23)20-7-5-4-6-16(20)2/h4-9,14,17H,10-13H2,1-3H3,(H,25,30). The molecule has 2 aromatic carbocycles. The van der Waals surface area contributed by atoms with Crippen LogP contribution in [0.2, 0.25) is 0 Å². The van der Waals surface area contributed by atoms with Crippen LogP contribution in [0.25, 0.3) is 5.69 Å². The molecule has 0 saturated carbocycles. The maximum atomic E-state index is 13.8. The third-order valence-corrected chi connectivity index (χ3v) is 6.40. The molecule has 1 saturated heterocycles. The lowest BCUT2D eigenvalue weighted by Gasteiger charge is -2.28. The molecular formula is C23H26FN5O2S. The summed E-state index contributed by atoms with van der Waals surface area (Å²) in [4.78, 5) is 14.9. The normalized spacial score (nSPS) is 14.9. The van der Waals surface area contributed by atoms with E-state index in [1.54, 1.807) is 26.0 Å². The molecule has 3 aromatic rings. The minimum absolute atomic E-state index is 0.231. The van der Waals surface area contributed by atoms with E-state index >= 15 is 0 Å². The number of amides is 1. The average Bonchev–Trinajstić information content (AvgIpc) is 3.20. The van der Waals surface area contributed by atoms with E-state index < -0.39 is 5.25 Å². The van der Waals surface area contributed by atoms with Gasteiger partial charge in [-0.3, -0.25) is 9.36 Å². The number of nitrogens with zero attached hydrogens (tertiary/aromatic N) is 4. The van der Waals surface area contributed by atoms with Gasteiger partial charge in [-0.1, -0.05) is 36.0 Å². The Kier molecular flexibility index (Phi) is 6.76. The summed E-state index contributed by atoms with van der Waals surface area (Å²) < 4.78 is 21.3. The van der Waals surface area contributed by atoms with Crippen LogP contribution in [0.5, 0.6) is 0 Å². The highest BCUT2D eigenvalue weighted by atomic mass is 32.2. The summed E-state index contributed by atoms with van der Waals surface area (Å²) in [6, 6.07) is 12.7. The first kappa shape index (κ1) is 22.3. The molecule has 0 spiro atoms. The predicted molar refractivity (Wildman–Crippen MR) is 124 cm³/mol. The van der Waals surface area contributed by atoms with Gasteiger partial charge in [0.1, 0.15) is 5.82 Å². The van der Waals surface area contributed by atoms with Crippen LogP contribution in [0.15, 0.2) is 47.6 Å². The molecule has 1 aliphatic rings. The minimum Gasteiger partial charge on any atom is -0.378 e. The zero-order valence-corrected chi connectivity index (χ0v) is 19.2. The fourth-order valence-electron chi connectivity index (χ4n) is 3.46. The molecule has 1 aromatic heterocycles. The van der Waals surface area contributed by atoms with Gasteiger partial charge in [-0.25, -0.2) is 4.39 Å². The molecule has 0 aliphatic carbocycles. The topological polar surface area (TPSA) is 72.3 Å². The number of hydrogen-bond donors (Lipinski definition) is 1. The Hall–Kier alpha value is -2.91. The van der Waals surface area contributed by atoms with Crippen molar-refractivity contribution < 1.29 is 13.9 Å². The number of benzene rings is 2. The Morgan fingerprint density at radius 2 is 1.88 bits per heavy atom. The van der Waals surface area contributed by atoms with Crippen LogP contribution in [0.3, 0.4) is 0 Å².